The van der Waals surface area contributed by atoms with E-state index in [1.165, 1.54) is 16.7 Å². The van der Waals surface area contributed by atoms with Gasteiger partial charge in [-0.15, -0.1) is 24.0 Å². The zero-order valence-electron chi connectivity index (χ0n) is 18.2. The summed E-state index contributed by atoms with van der Waals surface area (Å²) in [5, 5.41) is 3.38. The molecule has 31 heavy (non-hydrogen) atoms. The van der Waals surface area contributed by atoms with E-state index in [0.717, 1.165) is 30.4 Å². The van der Waals surface area contributed by atoms with E-state index in [9.17, 15) is 0 Å². The highest BCUT2D eigenvalue weighted by molar-refractivity contribution is 14.0. The number of aliphatic imine (C=N–C) groups is 1. The van der Waals surface area contributed by atoms with Crippen LogP contribution in [0, 0.1) is 13.8 Å². The Hall–Kier alpha value is -2.39. The lowest BCUT2D eigenvalue weighted by Gasteiger charge is -2.35. The van der Waals surface area contributed by atoms with Crippen molar-refractivity contribution in [2.75, 3.05) is 26.7 Å². The second kappa shape index (κ2) is 10.8. The molecule has 1 N–H and O–H groups in total. The highest BCUT2D eigenvalue weighted by atomic mass is 127. The van der Waals surface area contributed by atoms with Gasteiger partial charge in [0.25, 0.3) is 0 Å². The molecule has 3 aromatic rings. The van der Waals surface area contributed by atoms with Crippen LogP contribution in [0.2, 0.25) is 0 Å². The Bertz CT molecular complexity index is 1020. The number of guanidine groups is 1. The number of hydrogen-bond acceptors (Lipinski definition) is 4. The molecule has 0 amide bonds. The normalized spacial score (nSPS) is 16.7. The number of rotatable bonds is 4. The van der Waals surface area contributed by atoms with Gasteiger partial charge in [0.1, 0.15) is 6.10 Å². The van der Waals surface area contributed by atoms with E-state index in [0.29, 0.717) is 19.0 Å². The van der Waals surface area contributed by atoms with E-state index in [1.807, 2.05) is 12.1 Å². The third-order valence-electron chi connectivity index (χ3n) is 5.40. The van der Waals surface area contributed by atoms with Gasteiger partial charge in [0.2, 0.25) is 5.89 Å². The van der Waals surface area contributed by atoms with Crippen LogP contribution in [-0.2, 0) is 11.3 Å². The van der Waals surface area contributed by atoms with Gasteiger partial charge in [-0.25, -0.2) is 4.98 Å². The predicted molar refractivity (Wildman–Crippen MR) is 134 cm³/mol. The van der Waals surface area contributed by atoms with E-state index in [1.54, 1.807) is 13.2 Å². The van der Waals surface area contributed by atoms with Crippen LogP contribution in [0.25, 0.3) is 11.3 Å². The number of oxazole rings is 1. The molecular weight excluding hydrogens is 503 g/mol. The molecule has 1 atom stereocenters. The fourth-order valence-electron chi connectivity index (χ4n) is 3.71. The van der Waals surface area contributed by atoms with Crippen LogP contribution in [0.4, 0.5) is 0 Å². The van der Waals surface area contributed by atoms with Crippen molar-refractivity contribution < 1.29 is 9.15 Å². The van der Waals surface area contributed by atoms with Crippen molar-refractivity contribution in [2.45, 2.75) is 26.5 Å². The number of morpholine rings is 1. The molecule has 164 valence electrons. The summed E-state index contributed by atoms with van der Waals surface area (Å²) in [6, 6.07) is 16.6. The van der Waals surface area contributed by atoms with Gasteiger partial charge >= 0.3 is 0 Å². The standard InChI is InChI=1S/C24H28N4O2.HI/c1-17-8-10-19(11-9-17)21-14-26-23(30-21)15-27-24(25-3)28-12-13-29-22(16-28)20-7-5-4-6-18(20)2;/h4-11,14,22H,12-13,15-16H2,1-3H3,(H,25,27);1H. The molecule has 0 radical (unpaired) electrons. The van der Waals surface area contributed by atoms with Crippen molar-refractivity contribution in [2.24, 2.45) is 4.99 Å². The molecule has 1 saturated heterocycles. The van der Waals surface area contributed by atoms with E-state index in [2.05, 4.69) is 70.4 Å². The van der Waals surface area contributed by atoms with Crippen molar-refractivity contribution in [3.8, 4) is 11.3 Å². The summed E-state index contributed by atoms with van der Waals surface area (Å²) < 4.78 is 12.0. The van der Waals surface area contributed by atoms with Crippen molar-refractivity contribution in [1.29, 1.82) is 0 Å². The molecule has 2 heterocycles. The lowest BCUT2D eigenvalue weighted by atomic mass is 10.0. The first-order chi connectivity index (χ1) is 14.6. The number of aromatic nitrogens is 1. The van der Waals surface area contributed by atoms with Gasteiger partial charge in [-0.3, -0.25) is 4.99 Å². The molecule has 1 aromatic heterocycles. The molecule has 0 bridgehead atoms. The summed E-state index contributed by atoms with van der Waals surface area (Å²) in [5.41, 5.74) is 4.72. The van der Waals surface area contributed by atoms with Gasteiger partial charge < -0.3 is 19.4 Å². The largest absolute Gasteiger partial charge is 0.439 e. The Kier molecular flexibility index (Phi) is 8.09. The Morgan fingerprint density at radius 2 is 1.94 bits per heavy atom. The van der Waals surface area contributed by atoms with Gasteiger partial charge in [0.15, 0.2) is 11.7 Å². The highest BCUT2D eigenvalue weighted by Gasteiger charge is 2.25. The first-order valence-electron chi connectivity index (χ1n) is 10.3. The summed E-state index contributed by atoms with van der Waals surface area (Å²) in [6.45, 7) is 6.88. The monoisotopic (exact) mass is 532 g/mol. The van der Waals surface area contributed by atoms with Crippen LogP contribution in [0.3, 0.4) is 0 Å². The number of ether oxygens (including phenoxy) is 1. The average molecular weight is 532 g/mol. The third kappa shape index (κ3) is 5.65. The summed E-state index contributed by atoms with van der Waals surface area (Å²) in [6.07, 6.45) is 1.81. The molecule has 0 aliphatic carbocycles. The fourth-order valence-corrected chi connectivity index (χ4v) is 3.71. The molecule has 0 spiro atoms. The first kappa shape index (κ1) is 23.3. The molecule has 4 rings (SSSR count). The quantitative estimate of drug-likeness (QED) is 0.299. The second-order valence-corrected chi connectivity index (χ2v) is 7.55. The highest BCUT2D eigenvalue weighted by Crippen LogP contribution is 2.25. The van der Waals surface area contributed by atoms with E-state index >= 15 is 0 Å². The van der Waals surface area contributed by atoms with Crippen LogP contribution >= 0.6 is 24.0 Å². The molecule has 1 unspecified atom stereocenters. The van der Waals surface area contributed by atoms with Crippen molar-refractivity contribution >= 4 is 29.9 Å². The summed E-state index contributed by atoms with van der Waals surface area (Å²) in [4.78, 5) is 11.1. The van der Waals surface area contributed by atoms with Crippen LogP contribution in [0.5, 0.6) is 0 Å². The van der Waals surface area contributed by atoms with E-state index in [4.69, 9.17) is 9.15 Å². The number of benzene rings is 2. The first-order valence-corrected chi connectivity index (χ1v) is 10.3. The number of hydrogen-bond donors (Lipinski definition) is 1. The Morgan fingerprint density at radius 1 is 1.16 bits per heavy atom. The van der Waals surface area contributed by atoms with E-state index < -0.39 is 0 Å². The Morgan fingerprint density at radius 3 is 2.68 bits per heavy atom. The molecule has 1 aliphatic heterocycles. The number of nitrogens with one attached hydrogen (secondary N) is 1. The molecule has 1 fully saturated rings. The molecule has 6 nitrogen and oxygen atoms in total. The fraction of sp³-hybridized carbons (Fsp3) is 0.333. The Labute approximate surface area is 200 Å². The van der Waals surface area contributed by atoms with Gasteiger partial charge in [-0.1, -0.05) is 54.1 Å². The zero-order valence-corrected chi connectivity index (χ0v) is 20.5. The Balaban J connectivity index is 0.00000272. The number of halogens is 1. The van der Waals surface area contributed by atoms with Crippen molar-refractivity contribution in [1.82, 2.24) is 15.2 Å². The minimum Gasteiger partial charge on any atom is -0.439 e. The minimum absolute atomic E-state index is 0. The maximum absolute atomic E-state index is 6.04. The maximum atomic E-state index is 6.04. The molecule has 2 aromatic carbocycles. The lowest BCUT2D eigenvalue weighted by Crippen LogP contribution is -2.48. The van der Waals surface area contributed by atoms with E-state index in [-0.39, 0.29) is 30.1 Å². The lowest BCUT2D eigenvalue weighted by molar-refractivity contribution is -0.00836. The summed E-state index contributed by atoms with van der Waals surface area (Å²) >= 11 is 0. The second-order valence-electron chi connectivity index (χ2n) is 7.55. The molecule has 7 heteroatoms. The smallest absolute Gasteiger partial charge is 0.214 e. The van der Waals surface area contributed by atoms with Crippen LogP contribution in [-0.4, -0.2) is 42.6 Å². The van der Waals surface area contributed by atoms with Gasteiger partial charge in [0, 0.05) is 19.2 Å². The topological polar surface area (TPSA) is 62.9 Å². The SMILES string of the molecule is CN=C(NCc1ncc(-c2ccc(C)cc2)o1)N1CCOC(c2ccccc2C)C1.I. The van der Waals surface area contributed by atoms with Crippen LogP contribution in [0.1, 0.15) is 28.7 Å². The third-order valence-corrected chi connectivity index (χ3v) is 5.40. The van der Waals surface area contributed by atoms with Gasteiger partial charge in [-0.05, 0) is 25.0 Å². The predicted octanol–water partition coefficient (Wildman–Crippen LogP) is 4.73. The molecular formula is C24H29IN4O2. The van der Waals surface area contributed by atoms with Gasteiger partial charge in [0.05, 0.1) is 25.9 Å². The average Bonchev–Trinajstić information content (AvgIpc) is 3.24. The molecule has 1 aliphatic rings. The van der Waals surface area contributed by atoms with Crippen LogP contribution < -0.4 is 5.32 Å². The molecule has 0 saturated carbocycles. The number of nitrogens with zero attached hydrogens (tertiary/aromatic N) is 3. The summed E-state index contributed by atoms with van der Waals surface area (Å²) in [7, 11) is 1.80. The number of aryl methyl sites for hydroxylation is 2. The van der Waals surface area contributed by atoms with Crippen LogP contribution in [0.15, 0.2) is 64.1 Å². The summed E-state index contributed by atoms with van der Waals surface area (Å²) in [5.74, 6) is 2.23. The minimum atomic E-state index is 0. The maximum Gasteiger partial charge on any atom is 0.214 e. The zero-order chi connectivity index (χ0) is 20.9. The van der Waals surface area contributed by atoms with Gasteiger partial charge in [-0.2, -0.15) is 0 Å². The van der Waals surface area contributed by atoms with Crippen molar-refractivity contribution in [3.05, 3.63) is 77.3 Å². The van der Waals surface area contributed by atoms with Crippen molar-refractivity contribution in [3.63, 3.8) is 0 Å².